The van der Waals surface area contributed by atoms with Gasteiger partial charge in [0.2, 0.25) is 0 Å². The van der Waals surface area contributed by atoms with E-state index < -0.39 is 6.23 Å². The van der Waals surface area contributed by atoms with Gasteiger partial charge in [0, 0.05) is 11.8 Å². The Morgan fingerprint density at radius 2 is 1.90 bits per heavy atom. The Bertz CT molecular complexity index is 518. The predicted molar refractivity (Wildman–Crippen MR) is 84.6 cm³/mol. The van der Waals surface area contributed by atoms with E-state index in [0.29, 0.717) is 19.0 Å². The molecule has 0 spiro atoms. The van der Waals surface area contributed by atoms with Crippen molar-refractivity contribution >= 4 is 11.5 Å². The molecule has 2 rings (SSSR count). The van der Waals surface area contributed by atoms with Gasteiger partial charge in [0.05, 0.1) is 24.5 Å². The standard InChI is InChI=1S/C16H23N3O2/c1-16(2,3)21-10-9-20-15-14(17)19-13(11-18-15)12-7-5-4-6-8-12/h4-8,11,15,18H,9-10H2,1-3H3,(H2,17,19). The van der Waals surface area contributed by atoms with Crippen LogP contribution in [0.25, 0.3) is 5.70 Å². The zero-order valence-electron chi connectivity index (χ0n) is 12.8. The molecule has 0 radical (unpaired) electrons. The fraction of sp³-hybridized carbons (Fsp3) is 0.438. The van der Waals surface area contributed by atoms with Crippen LogP contribution in [0.3, 0.4) is 0 Å². The third-order valence-electron chi connectivity index (χ3n) is 2.86. The molecule has 5 nitrogen and oxygen atoms in total. The molecule has 0 amide bonds. The molecule has 1 aliphatic rings. The SMILES string of the molecule is CC(C)(C)OCCOC1NC=C(c2ccccc2)N=C1N. The van der Waals surface area contributed by atoms with Crippen LogP contribution in [0.2, 0.25) is 0 Å². The second-order valence-corrected chi connectivity index (χ2v) is 5.81. The van der Waals surface area contributed by atoms with Crippen molar-refractivity contribution in [1.82, 2.24) is 5.32 Å². The van der Waals surface area contributed by atoms with Gasteiger partial charge in [-0.2, -0.15) is 0 Å². The number of amidine groups is 1. The third kappa shape index (κ3) is 4.88. The number of nitrogens with one attached hydrogen (secondary N) is 1. The lowest BCUT2D eigenvalue weighted by Gasteiger charge is -2.24. The monoisotopic (exact) mass is 289 g/mol. The van der Waals surface area contributed by atoms with Crippen LogP contribution in [-0.2, 0) is 9.47 Å². The summed E-state index contributed by atoms with van der Waals surface area (Å²) in [6.45, 7) is 7.01. The van der Waals surface area contributed by atoms with Gasteiger partial charge in [0.1, 0.15) is 5.84 Å². The first-order valence-electron chi connectivity index (χ1n) is 7.07. The van der Waals surface area contributed by atoms with E-state index in [2.05, 4.69) is 10.3 Å². The van der Waals surface area contributed by atoms with Crippen molar-refractivity contribution in [2.75, 3.05) is 13.2 Å². The molecule has 1 heterocycles. The third-order valence-corrected chi connectivity index (χ3v) is 2.86. The Hall–Kier alpha value is -1.85. The highest BCUT2D eigenvalue weighted by atomic mass is 16.5. The first-order chi connectivity index (χ1) is 9.96. The molecule has 0 bridgehead atoms. The van der Waals surface area contributed by atoms with Crippen molar-refractivity contribution < 1.29 is 9.47 Å². The molecular weight excluding hydrogens is 266 g/mol. The van der Waals surface area contributed by atoms with E-state index in [0.717, 1.165) is 11.3 Å². The maximum Gasteiger partial charge on any atom is 0.185 e. The molecule has 0 fully saturated rings. The molecule has 0 saturated heterocycles. The van der Waals surface area contributed by atoms with Gasteiger partial charge in [-0.3, -0.25) is 0 Å². The first-order valence-corrected chi connectivity index (χ1v) is 7.07. The summed E-state index contributed by atoms with van der Waals surface area (Å²) in [5.74, 6) is 0.423. The zero-order valence-corrected chi connectivity index (χ0v) is 12.8. The summed E-state index contributed by atoms with van der Waals surface area (Å²) in [6, 6.07) is 9.88. The Kier molecular flexibility index (Phi) is 4.98. The maximum absolute atomic E-state index is 5.96. The van der Waals surface area contributed by atoms with Gasteiger partial charge >= 0.3 is 0 Å². The van der Waals surface area contributed by atoms with E-state index in [4.69, 9.17) is 15.2 Å². The van der Waals surface area contributed by atoms with Crippen LogP contribution in [0, 0.1) is 0 Å². The van der Waals surface area contributed by atoms with E-state index in [9.17, 15) is 0 Å². The Morgan fingerprint density at radius 3 is 2.52 bits per heavy atom. The molecular formula is C16H23N3O2. The van der Waals surface area contributed by atoms with Crippen LogP contribution in [0.1, 0.15) is 26.3 Å². The molecule has 1 aromatic carbocycles. The number of ether oxygens (including phenoxy) is 2. The minimum Gasteiger partial charge on any atom is -0.383 e. The maximum atomic E-state index is 5.96. The molecule has 5 heteroatoms. The highest BCUT2D eigenvalue weighted by molar-refractivity contribution is 5.91. The van der Waals surface area contributed by atoms with Crippen LogP contribution < -0.4 is 11.1 Å². The van der Waals surface area contributed by atoms with Gasteiger partial charge in [0.25, 0.3) is 0 Å². The highest BCUT2D eigenvalue weighted by Crippen LogP contribution is 2.17. The molecule has 21 heavy (non-hydrogen) atoms. The Balaban J connectivity index is 1.85. The van der Waals surface area contributed by atoms with Crippen molar-refractivity contribution in [3.05, 3.63) is 42.1 Å². The lowest BCUT2D eigenvalue weighted by Crippen LogP contribution is -2.43. The second kappa shape index (κ2) is 6.74. The number of hydrogen-bond donors (Lipinski definition) is 2. The largest absolute Gasteiger partial charge is 0.383 e. The summed E-state index contributed by atoms with van der Waals surface area (Å²) in [5, 5.41) is 3.12. The average Bonchev–Trinajstić information content (AvgIpc) is 2.45. The minimum absolute atomic E-state index is 0.163. The fourth-order valence-electron chi connectivity index (χ4n) is 1.87. The molecule has 114 valence electrons. The molecule has 0 aliphatic carbocycles. The summed E-state index contributed by atoms with van der Waals surface area (Å²) >= 11 is 0. The number of hydrogen-bond acceptors (Lipinski definition) is 5. The van der Waals surface area contributed by atoms with Crippen molar-refractivity contribution in [2.45, 2.75) is 32.6 Å². The lowest BCUT2D eigenvalue weighted by atomic mass is 10.1. The van der Waals surface area contributed by atoms with E-state index in [1.54, 1.807) is 0 Å². The van der Waals surface area contributed by atoms with Gasteiger partial charge in [-0.05, 0) is 20.8 Å². The van der Waals surface area contributed by atoms with E-state index in [-0.39, 0.29) is 5.60 Å². The van der Waals surface area contributed by atoms with E-state index in [1.165, 1.54) is 0 Å². The molecule has 0 saturated carbocycles. The quantitative estimate of drug-likeness (QED) is 0.815. The lowest BCUT2D eigenvalue weighted by molar-refractivity contribution is -0.0440. The number of benzene rings is 1. The summed E-state index contributed by atoms with van der Waals surface area (Å²) in [4.78, 5) is 4.39. The topological polar surface area (TPSA) is 68.9 Å². The second-order valence-electron chi connectivity index (χ2n) is 5.81. The summed E-state index contributed by atoms with van der Waals surface area (Å²) in [6.07, 6.45) is 1.42. The zero-order chi connectivity index (χ0) is 15.3. The minimum atomic E-state index is -0.402. The van der Waals surface area contributed by atoms with E-state index >= 15 is 0 Å². The number of aliphatic imine (C=N–C) groups is 1. The highest BCUT2D eigenvalue weighted by Gasteiger charge is 2.18. The van der Waals surface area contributed by atoms with Crippen LogP contribution in [0.5, 0.6) is 0 Å². The molecule has 3 N–H and O–H groups in total. The molecule has 1 unspecified atom stereocenters. The van der Waals surface area contributed by atoms with Crippen molar-refractivity contribution in [3.63, 3.8) is 0 Å². The fourth-order valence-corrected chi connectivity index (χ4v) is 1.87. The molecule has 1 aliphatic heterocycles. The van der Waals surface area contributed by atoms with Gasteiger partial charge in [-0.25, -0.2) is 4.99 Å². The van der Waals surface area contributed by atoms with Crippen LogP contribution >= 0.6 is 0 Å². The van der Waals surface area contributed by atoms with Gasteiger partial charge in [0.15, 0.2) is 6.23 Å². The summed E-state index contributed by atoms with van der Waals surface area (Å²) in [7, 11) is 0. The predicted octanol–water partition coefficient (Wildman–Crippen LogP) is 2.10. The van der Waals surface area contributed by atoms with Crippen LogP contribution in [0.15, 0.2) is 41.5 Å². The number of nitrogens with zero attached hydrogens (tertiary/aromatic N) is 1. The normalized spacial score (nSPS) is 18.7. The van der Waals surface area contributed by atoms with Crippen molar-refractivity contribution in [2.24, 2.45) is 10.7 Å². The van der Waals surface area contributed by atoms with Crippen LogP contribution in [-0.4, -0.2) is 30.9 Å². The van der Waals surface area contributed by atoms with Crippen LogP contribution in [0.4, 0.5) is 0 Å². The van der Waals surface area contributed by atoms with Gasteiger partial charge in [-0.1, -0.05) is 30.3 Å². The molecule has 1 atom stereocenters. The number of rotatable bonds is 5. The van der Waals surface area contributed by atoms with Gasteiger partial charge in [-0.15, -0.1) is 0 Å². The van der Waals surface area contributed by atoms with Crippen molar-refractivity contribution in [1.29, 1.82) is 0 Å². The van der Waals surface area contributed by atoms with Gasteiger partial charge < -0.3 is 20.5 Å². The molecule has 0 aromatic heterocycles. The Morgan fingerprint density at radius 1 is 1.19 bits per heavy atom. The smallest absolute Gasteiger partial charge is 0.185 e. The average molecular weight is 289 g/mol. The van der Waals surface area contributed by atoms with Crippen molar-refractivity contribution in [3.8, 4) is 0 Å². The van der Waals surface area contributed by atoms with E-state index in [1.807, 2.05) is 57.3 Å². The number of nitrogens with two attached hydrogens (primary N) is 1. The summed E-state index contributed by atoms with van der Waals surface area (Å²) in [5.41, 5.74) is 7.61. The Labute approximate surface area is 125 Å². The first kappa shape index (κ1) is 15.5. The molecule has 1 aromatic rings. The summed E-state index contributed by atoms with van der Waals surface area (Å²) < 4.78 is 11.2.